The molecule has 8 nitrogen and oxygen atoms in total. The number of fused-ring (bicyclic) bond motifs is 1. The van der Waals surface area contributed by atoms with Crippen molar-refractivity contribution in [2.24, 2.45) is 22.6 Å². The Balaban J connectivity index is 1.69. The molecule has 1 amide bonds. The number of amides is 1. The third-order valence-electron chi connectivity index (χ3n) is 9.12. The molecule has 9 heteroatoms. The maximum absolute atomic E-state index is 12.5. The number of unbranched alkanes of at least 4 members (excludes halogenated alkanes) is 1. The van der Waals surface area contributed by atoms with Crippen molar-refractivity contribution in [2.75, 3.05) is 32.7 Å². The van der Waals surface area contributed by atoms with E-state index in [2.05, 4.69) is 49.1 Å². The molecule has 2 fully saturated rings. The van der Waals surface area contributed by atoms with Gasteiger partial charge in [0.1, 0.15) is 7.85 Å². The fraction of sp³-hybridized carbons (Fsp3) is 0.500. The van der Waals surface area contributed by atoms with E-state index in [-0.39, 0.29) is 23.8 Å². The molecule has 1 saturated carbocycles. The molecule has 3 rings (SSSR count). The summed E-state index contributed by atoms with van der Waals surface area (Å²) in [6, 6.07) is 1.83. The second-order valence-corrected chi connectivity index (χ2v) is 11.7. The Bertz CT molecular complexity index is 1220. The number of rotatable bonds is 15. The van der Waals surface area contributed by atoms with Crippen molar-refractivity contribution in [3.8, 4) is 0 Å². The second-order valence-electron chi connectivity index (χ2n) is 11.7. The summed E-state index contributed by atoms with van der Waals surface area (Å²) < 4.78 is 0. The van der Waals surface area contributed by atoms with Crippen molar-refractivity contribution in [1.82, 2.24) is 20.1 Å². The van der Waals surface area contributed by atoms with Crippen LogP contribution in [0.2, 0.25) is 0 Å². The lowest BCUT2D eigenvalue weighted by molar-refractivity contribution is -0.130. The van der Waals surface area contributed by atoms with Gasteiger partial charge in [-0.2, -0.15) is 0 Å². The summed E-state index contributed by atoms with van der Waals surface area (Å²) in [6.45, 7) is 19.6. The minimum absolute atomic E-state index is 0.0675. The lowest BCUT2D eigenvalue weighted by atomic mass is 9.93. The summed E-state index contributed by atoms with van der Waals surface area (Å²) >= 11 is 0. The van der Waals surface area contributed by atoms with Gasteiger partial charge in [0.25, 0.3) is 0 Å². The Morgan fingerprint density at radius 3 is 2.73 bits per heavy atom. The molecule has 2 heterocycles. The lowest BCUT2D eigenvalue weighted by Crippen LogP contribution is -2.53. The Hall–Kier alpha value is -3.14. The van der Waals surface area contributed by atoms with Gasteiger partial charge in [0.15, 0.2) is 0 Å². The molecule has 0 spiro atoms. The molecule has 0 aromatic carbocycles. The van der Waals surface area contributed by atoms with E-state index >= 15 is 0 Å². The Morgan fingerprint density at radius 2 is 2.07 bits per heavy atom. The van der Waals surface area contributed by atoms with Gasteiger partial charge in [-0.3, -0.25) is 9.78 Å². The van der Waals surface area contributed by atoms with Crippen LogP contribution in [0.15, 0.2) is 67.1 Å². The van der Waals surface area contributed by atoms with Gasteiger partial charge in [-0.05, 0) is 31.1 Å². The maximum atomic E-state index is 12.5. The van der Waals surface area contributed by atoms with Crippen molar-refractivity contribution in [3.63, 3.8) is 0 Å². The number of aromatic nitrogens is 1. The van der Waals surface area contributed by atoms with Crippen LogP contribution in [-0.4, -0.2) is 78.4 Å². The number of likely N-dealkylation sites (tertiary alicyclic amines) is 1. The van der Waals surface area contributed by atoms with E-state index in [9.17, 15) is 4.79 Å². The molecule has 41 heavy (non-hydrogen) atoms. The summed E-state index contributed by atoms with van der Waals surface area (Å²) in [5, 5.41) is 3.46. The number of pyridine rings is 1. The van der Waals surface area contributed by atoms with Crippen LogP contribution in [0.25, 0.3) is 11.8 Å². The first-order valence-corrected chi connectivity index (χ1v) is 14.6. The largest absolute Gasteiger partial charge is 0.401 e. The third-order valence-corrected chi connectivity index (χ3v) is 9.12. The molecule has 7 N–H and O–H groups in total. The van der Waals surface area contributed by atoms with E-state index < -0.39 is 11.1 Å². The van der Waals surface area contributed by atoms with Crippen LogP contribution in [0.3, 0.4) is 0 Å². The summed E-state index contributed by atoms with van der Waals surface area (Å²) in [5.74, 6) is 0.0675. The van der Waals surface area contributed by atoms with E-state index in [0.717, 1.165) is 36.2 Å². The number of nitrogens with zero attached hydrogens (tertiary/aromatic N) is 3. The van der Waals surface area contributed by atoms with Gasteiger partial charge in [0, 0.05) is 73.9 Å². The van der Waals surface area contributed by atoms with Gasteiger partial charge in [-0.1, -0.05) is 70.1 Å². The average Bonchev–Trinajstić information content (AvgIpc) is 3.14. The summed E-state index contributed by atoms with van der Waals surface area (Å²) in [7, 11) is 6.17. The number of hydrogen-bond acceptors (Lipinski definition) is 7. The predicted molar refractivity (Wildman–Crippen MR) is 171 cm³/mol. The zero-order valence-corrected chi connectivity index (χ0v) is 25.3. The minimum atomic E-state index is -0.615. The second kappa shape index (κ2) is 13.2. The number of allylic oxidation sites excluding steroid dienone is 4. The molecule has 1 aromatic rings. The van der Waals surface area contributed by atoms with Gasteiger partial charge < -0.3 is 32.3 Å². The number of carbonyl (C=O) groups is 1. The molecule has 2 radical (unpaired) electrons. The minimum Gasteiger partial charge on any atom is -0.401 e. The smallest absolute Gasteiger partial charge is 0.226 e. The van der Waals surface area contributed by atoms with Crippen molar-refractivity contribution >= 4 is 25.5 Å². The van der Waals surface area contributed by atoms with E-state index in [0.29, 0.717) is 37.3 Å². The molecular formula is C32H48BN7O. The van der Waals surface area contributed by atoms with Gasteiger partial charge in [-0.15, -0.1) is 0 Å². The van der Waals surface area contributed by atoms with Crippen molar-refractivity contribution in [1.29, 1.82) is 0 Å². The highest BCUT2D eigenvalue weighted by Crippen LogP contribution is 2.68. The van der Waals surface area contributed by atoms with E-state index in [4.69, 9.17) is 25.0 Å². The van der Waals surface area contributed by atoms with Crippen LogP contribution in [0.5, 0.6) is 0 Å². The Labute approximate surface area is 247 Å². The first kappa shape index (κ1) is 32.4. The highest BCUT2D eigenvalue weighted by molar-refractivity contribution is 6.23. The van der Waals surface area contributed by atoms with E-state index in [1.165, 1.54) is 0 Å². The fourth-order valence-electron chi connectivity index (χ4n) is 6.23. The number of nitrogens with one attached hydrogen (secondary N) is 1. The summed E-state index contributed by atoms with van der Waals surface area (Å²) in [5.41, 5.74) is 22.6. The van der Waals surface area contributed by atoms with Crippen molar-refractivity contribution in [3.05, 3.63) is 78.2 Å². The van der Waals surface area contributed by atoms with E-state index in [1.54, 1.807) is 24.4 Å². The topological polar surface area (TPSA) is 127 Å². The molecule has 220 valence electrons. The molecule has 0 unspecified atom stereocenters. The summed E-state index contributed by atoms with van der Waals surface area (Å²) in [6.07, 6.45) is 14.9. The zero-order chi connectivity index (χ0) is 30.4. The number of hydrogen-bond donors (Lipinski definition) is 4. The molecule has 1 saturated heterocycles. The molecule has 1 aliphatic heterocycles. The van der Waals surface area contributed by atoms with Crippen molar-refractivity contribution in [2.45, 2.75) is 64.1 Å². The number of carbonyl (C=O) groups excluding carboxylic acids is 1. The van der Waals surface area contributed by atoms with Gasteiger partial charge in [-0.25, -0.2) is 0 Å². The average molecular weight is 558 g/mol. The van der Waals surface area contributed by atoms with Crippen molar-refractivity contribution < 1.29 is 4.79 Å². The Kier molecular flexibility index (Phi) is 10.4. The molecular weight excluding hydrogens is 509 g/mol. The van der Waals surface area contributed by atoms with Crippen LogP contribution in [-0.2, 0) is 4.79 Å². The van der Waals surface area contributed by atoms with Crippen LogP contribution >= 0.6 is 0 Å². The normalized spacial score (nSPS) is 25.3. The Morgan fingerprint density at radius 1 is 1.34 bits per heavy atom. The standard InChI is InChI=1S/C32H48BN7O/c1-7-10-12-24-15-16-37-20-27(24)23(4)40-22-31(35)30(5,6)32(31,36)28(40)21-38-19-26(34)18-25(33)13-14-29(41)39(9-3)17-11-8-2/h7,10,12-13,15-16,18,20,28,38H,1,4,8-9,11,14,17,19,21-22,34-36H2,2-3,5-6H3/b12-10-,25-13+,26-18+/t28-,31+,32-/m1/s1. The van der Waals surface area contributed by atoms with Crippen LogP contribution in [0.1, 0.15) is 58.1 Å². The molecule has 2 aliphatic rings. The fourth-order valence-corrected chi connectivity index (χ4v) is 6.23. The molecule has 3 atom stereocenters. The van der Waals surface area contributed by atoms with E-state index in [1.807, 2.05) is 36.2 Å². The molecule has 0 bridgehead atoms. The predicted octanol–water partition coefficient (Wildman–Crippen LogP) is 2.89. The summed E-state index contributed by atoms with van der Waals surface area (Å²) in [4.78, 5) is 20.9. The molecule has 1 aliphatic carbocycles. The maximum Gasteiger partial charge on any atom is 0.226 e. The highest BCUT2D eigenvalue weighted by atomic mass is 16.2. The van der Waals surface area contributed by atoms with Gasteiger partial charge in [0.2, 0.25) is 5.91 Å². The monoisotopic (exact) mass is 557 g/mol. The van der Waals surface area contributed by atoms with Crippen LogP contribution < -0.4 is 22.5 Å². The SMILES string of the molecule is [B]C(=C/CC(=O)N(CC)CCCC)/C=C(/N)CNC[C@H]1N(C(=C)c2cnccc2/C=C\C=C)C[C@]2(N)C(C)(C)[C@]12N. The molecule has 1 aromatic heterocycles. The zero-order valence-electron chi connectivity index (χ0n) is 25.3. The van der Waals surface area contributed by atoms with Gasteiger partial charge in [0.05, 0.1) is 17.1 Å². The van der Waals surface area contributed by atoms with Crippen LogP contribution in [0, 0.1) is 5.41 Å². The quantitative estimate of drug-likeness (QED) is 0.193. The highest BCUT2D eigenvalue weighted by Gasteiger charge is 2.86. The first-order chi connectivity index (χ1) is 19.4. The van der Waals surface area contributed by atoms with Gasteiger partial charge >= 0.3 is 0 Å². The lowest BCUT2D eigenvalue weighted by Gasteiger charge is -2.37. The first-order valence-electron chi connectivity index (χ1n) is 14.6. The van der Waals surface area contributed by atoms with Crippen LogP contribution in [0.4, 0.5) is 0 Å². The number of piperidine rings is 1. The third kappa shape index (κ3) is 6.22. The number of nitrogens with two attached hydrogens (primary N) is 3.